The lowest BCUT2D eigenvalue weighted by molar-refractivity contribution is 0.342. The zero-order valence-electron chi connectivity index (χ0n) is 8.25. The van der Waals surface area contributed by atoms with Crippen LogP contribution in [0.1, 0.15) is 12.8 Å². The first-order chi connectivity index (χ1) is 7.68. The topological polar surface area (TPSA) is 30.7 Å². The van der Waals surface area contributed by atoms with Crippen molar-refractivity contribution < 1.29 is 4.39 Å². The van der Waals surface area contributed by atoms with E-state index in [0.29, 0.717) is 5.15 Å². The van der Waals surface area contributed by atoms with Gasteiger partial charge in [0, 0.05) is 9.77 Å². The van der Waals surface area contributed by atoms with E-state index >= 15 is 0 Å². The van der Waals surface area contributed by atoms with Crippen molar-refractivity contribution in [1.82, 2.24) is 14.5 Å². The molecule has 0 N–H and O–H groups in total. The molecule has 1 aliphatic carbocycles. The summed E-state index contributed by atoms with van der Waals surface area (Å²) >= 11 is 8.21. The van der Waals surface area contributed by atoms with Gasteiger partial charge in [-0.25, -0.2) is 14.4 Å². The quantitative estimate of drug-likeness (QED) is 0.615. The van der Waals surface area contributed by atoms with E-state index in [1.165, 1.54) is 6.33 Å². The Balaban J connectivity index is 2.31. The van der Waals surface area contributed by atoms with E-state index < -0.39 is 0 Å². The Morgan fingerprint density at radius 2 is 2.25 bits per heavy atom. The highest BCUT2D eigenvalue weighted by atomic mass is 127. The lowest BCUT2D eigenvalue weighted by Crippen LogP contribution is -2.18. The highest BCUT2D eigenvalue weighted by molar-refractivity contribution is 14.1. The van der Waals surface area contributed by atoms with Gasteiger partial charge >= 0.3 is 0 Å². The van der Waals surface area contributed by atoms with Crippen molar-refractivity contribution in [1.29, 1.82) is 0 Å². The number of alkyl halides is 1. The summed E-state index contributed by atoms with van der Waals surface area (Å²) in [6.07, 6.45) is 5.07. The Bertz CT molecular complexity index is 564. The minimum absolute atomic E-state index is 0.353. The Morgan fingerprint density at radius 3 is 2.88 bits per heavy atom. The SMILES string of the molecule is FCC1(n2cc(I)c3c(Cl)ncnc32)CC1. The molecule has 0 unspecified atom stereocenters. The molecule has 16 heavy (non-hydrogen) atoms. The summed E-state index contributed by atoms with van der Waals surface area (Å²) in [6.45, 7) is -0.353. The van der Waals surface area contributed by atoms with Crippen LogP contribution in [0.3, 0.4) is 0 Å². The van der Waals surface area contributed by atoms with Crippen molar-refractivity contribution in [2.24, 2.45) is 0 Å². The summed E-state index contributed by atoms with van der Waals surface area (Å²) in [5.74, 6) is 0. The summed E-state index contributed by atoms with van der Waals surface area (Å²) in [7, 11) is 0. The second kappa shape index (κ2) is 3.53. The zero-order valence-corrected chi connectivity index (χ0v) is 11.2. The van der Waals surface area contributed by atoms with E-state index in [-0.39, 0.29) is 12.2 Å². The van der Waals surface area contributed by atoms with Crippen molar-refractivity contribution >= 4 is 45.2 Å². The molecular formula is C10H8ClFIN3. The highest BCUT2D eigenvalue weighted by Gasteiger charge is 2.46. The molecule has 0 radical (unpaired) electrons. The molecule has 1 aliphatic rings. The molecule has 1 fully saturated rings. The van der Waals surface area contributed by atoms with Gasteiger partial charge in [0.05, 0.1) is 10.9 Å². The van der Waals surface area contributed by atoms with E-state index in [1.807, 2.05) is 10.8 Å². The molecule has 0 amide bonds. The third kappa shape index (κ3) is 1.37. The normalized spacial score (nSPS) is 17.9. The van der Waals surface area contributed by atoms with Gasteiger partial charge in [0.2, 0.25) is 0 Å². The Hall–Kier alpha value is -0.430. The zero-order chi connectivity index (χ0) is 11.3. The largest absolute Gasteiger partial charge is 0.323 e. The maximum Gasteiger partial charge on any atom is 0.146 e. The van der Waals surface area contributed by atoms with E-state index in [1.54, 1.807) is 0 Å². The molecule has 6 heteroatoms. The van der Waals surface area contributed by atoms with Gasteiger partial charge in [-0.05, 0) is 35.4 Å². The van der Waals surface area contributed by atoms with Crippen molar-refractivity contribution in [3.8, 4) is 0 Å². The van der Waals surface area contributed by atoms with Crippen molar-refractivity contribution in [2.45, 2.75) is 18.4 Å². The molecule has 1 saturated carbocycles. The minimum atomic E-state index is -0.376. The summed E-state index contributed by atoms with van der Waals surface area (Å²) < 4.78 is 15.9. The van der Waals surface area contributed by atoms with Crippen LogP contribution in [-0.2, 0) is 5.54 Å². The molecule has 0 bridgehead atoms. The highest BCUT2D eigenvalue weighted by Crippen LogP contribution is 2.46. The predicted octanol–water partition coefficient (Wildman–Crippen LogP) is 3.15. The molecular weight excluding hydrogens is 343 g/mol. The van der Waals surface area contributed by atoms with Crippen LogP contribution in [-0.4, -0.2) is 21.2 Å². The third-order valence-electron chi connectivity index (χ3n) is 3.08. The summed E-state index contributed by atoms with van der Waals surface area (Å²) in [4.78, 5) is 8.17. The minimum Gasteiger partial charge on any atom is -0.323 e. The maximum absolute atomic E-state index is 13.1. The van der Waals surface area contributed by atoms with Gasteiger partial charge in [-0.3, -0.25) is 0 Å². The lowest BCUT2D eigenvalue weighted by Gasteiger charge is -2.13. The van der Waals surface area contributed by atoms with Crippen LogP contribution in [0.5, 0.6) is 0 Å². The molecule has 0 aromatic carbocycles. The van der Waals surface area contributed by atoms with Gasteiger partial charge in [-0.2, -0.15) is 0 Å². The molecule has 0 atom stereocenters. The first kappa shape index (κ1) is 10.7. The van der Waals surface area contributed by atoms with Crippen LogP contribution in [0.25, 0.3) is 11.0 Å². The first-order valence-corrected chi connectivity index (χ1v) is 6.37. The number of rotatable bonds is 2. The number of nitrogens with zero attached hydrogens (tertiary/aromatic N) is 3. The molecule has 2 aromatic heterocycles. The molecule has 2 heterocycles. The van der Waals surface area contributed by atoms with Crippen LogP contribution in [0.15, 0.2) is 12.5 Å². The molecule has 84 valence electrons. The number of hydrogen-bond acceptors (Lipinski definition) is 2. The van der Waals surface area contributed by atoms with Gasteiger partial charge in [-0.15, -0.1) is 0 Å². The van der Waals surface area contributed by atoms with E-state index in [0.717, 1.165) is 27.4 Å². The smallest absolute Gasteiger partial charge is 0.146 e. The van der Waals surface area contributed by atoms with E-state index in [2.05, 4.69) is 32.6 Å². The summed E-state index contributed by atoms with van der Waals surface area (Å²) in [5.41, 5.74) is 0.360. The van der Waals surface area contributed by atoms with Gasteiger partial charge in [0.15, 0.2) is 0 Å². The van der Waals surface area contributed by atoms with Crippen LogP contribution >= 0.6 is 34.2 Å². The van der Waals surface area contributed by atoms with Gasteiger partial charge in [0.25, 0.3) is 0 Å². The lowest BCUT2D eigenvalue weighted by atomic mass is 10.3. The maximum atomic E-state index is 13.1. The summed E-state index contributed by atoms with van der Waals surface area (Å²) in [6, 6.07) is 0. The van der Waals surface area contributed by atoms with Crippen molar-refractivity contribution in [3.63, 3.8) is 0 Å². The van der Waals surface area contributed by atoms with Crippen molar-refractivity contribution in [2.75, 3.05) is 6.67 Å². The molecule has 3 rings (SSSR count). The average molecular weight is 352 g/mol. The van der Waals surface area contributed by atoms with Gasteiger partial charge in [-0.1, -0.05) is 11.6 Å². The van der Waals surface area contributed by atoms with Crippen molar-refractivity contribution in [3.05, 3.63) is 21.2 Å². The monoisotopic (exact) mass is 351 g/mol. The van der Waals surface area contributed by atoms with Crippen LogP contribution in [0, 0.1) is 3.57 Å². The van der Waals surface area contributed by atoms with Gasteiger partial charge < -0.3 is 4.57 Å². The second-order valence-corrected chi connectivity index (χ2v) is 5.59. The Kier molecular flexibility index (Phi) is 2.36. The van der Waals surface area contributed by atoms with E-state index in [9.17, 15) is 4.39 Å². The third-order valence-corrected chi connectivity index (χ3v) is 4.18. The van der Waals surface area contributed by atoms with E-state index in [4.69, 9.17) is 11.6 Å². The summed E-state index contributed by atoms with van der Waals surface area (Å²) in [5, 5.41) is 1.26. The molecule has 3 nitrogen and oxygen atoms in total. The molecule has 0 spiro atoms. The van der Waals surface area contributed by atoms with Gasteiger partial charge in [0.1, 0.15) is 23.8 Å². The van der Waals surface area contributed by atoms with Crippen LogP contribution in [0.2, 0.25) is 5.15 Å². The number of hydrogen-bond donors (Lipinski definition) is 0. The Labute approximate surface area is 110 Å². The molecule has 2 aromatic rings. The Morgan fingerprint density at radius 1 is 1.50 bits per heavy atom. The fraction of sp³-hybridized carbons (Fsp3) is 0.400. The fourth-order valence-electron chi connectivity index (χ4n) is 1.93. The fourth-order valence-corrected chi connectivity index (χ4v) is 3.09. The first-order valence-electron chi connectivity index (χ1n) is 4.91. The number of halogens is 3. The standard InChI is InChI=1S/C10H8ClFIN3/c11-8-7-6(13)3-16(9(7)15-5-14-8)10(4-12)1-2-10/h3,5H,1-2,4H2. The number of fused-ring (bicyclic) bond motifs is 1. The van der Waals surface area contributed by atoms with Crippen LogP contribution < -0.4 is 0 Å². The second-order valence-electron chi connectivity index (χ2n) is 4.07. The molecule has 0 aliphatic heterocycles. The number of aromatic nitrogens is 3. The average Bonchev–Trinajstić information content (AvgIpc) is 2.99. The molecule has 0 saturated heterocycles. The predicted molar refractivity (Wildman–Crippen MR) is 68.4 cm³/mol. The van der Waals surface area contributed by atoms with Crippen LogP contribution in [0.4, 0.5) is 4.39 Å².